The number of halogens is 2. The lowest BCUT2D eigenvalue weighted by atomic mass is 9.99. The van der Waals surface area contributed by atoms with Crippen LogP contribution in [-0.4, -0.2) is 26.9 Å². The van der Waals surface area contributed by atoms with Crippen LogP contribution in [0.4, 0.5) is 8.78 Å². The first kappa shape index (κ1) is 21.7. The molecule has 1 amide bonds. The summed E-state index contributed by atoms with van der Waals surface area (Å²) >= 11 is 0. The van der Waals surface area contributed by atoms with Crippen LogP contribution in [0.2, 0.25) is 0 Å². The first-order valence-corrected chi connectivity index (χ1v) is 10.6. The lowest BCUT2D eigenvalue weighted by Gasteiger charge is -2.14. The predicted molar refractivity (Wildman–Crippen MR) is 113 cm³/mol. The van der Waals surface area contributed by atoms with Crippen LogP contribution in [0.1, 0.15) is 24.2 Å². The molecule has 7 nitrogen and oxygen atoms in total. The van der Waals surface area contributed by atoms with Crippen LogP contribution in [0.3, 0.4) is 0 Å². The van der Waals surface area contributed by atoms with Crippen molar-refractivity contribution in [3.05, 3.63) is 82.0 Å². The number of nitrogens with one attached hydrogen (secondary N) is 1. The summed E-state index contributed by atoms with van der Waals surface area (Å²) in [5, 5.41) is 7.13. The highest BCUT2D eigenvalue weighted by Gasteiger charge is 2.25. The summed E-state index contributed by atoms with van der Waals surface area (Å²) in [6.45, 7) is 1.03. The van der Waals surface area contributed by atoms with Crippen molar-refractivity contribution in [3.8, 4) is 5.75 Å². The zero-order valence-corrected chi connectivity index (χ0v) is 17.5. The fourth-order valence-corrected chi connectivity index (χ4v) is 3.79. The number of benzene rings is 2. The molecule has 1 atom stereocenters. The minimum absolute atomic E-state index is 0.0137. The Morgan fingerprint density at radius 2 is 1.97 bits per heavy atom. The normalized spacial score (nSPS) is 15.6. The van der Waals surface area contributed by atoms with Gasteiger partial charge in [-0.05, 0) is 31.0 Å². The Morgan fingerprint density at radius 3 is 2.75 bits per heavy atom. The van der Waals surface area contributed by atoms with E-state index in [9.17, 15) is 18.4 Å². The number of ether oxygens (including phenoxy) is 1. The van der Waals surface area contributed by atoms with Crippen LogP contribution in [-0.2, 0) is 30.8 Å². The number of nitrogens with zero attached hydrogens (tertiary/aromatic N) is 3. The van der Waals surface area contributed by atoms with Gasteiger partial charge in [0.1, 0.15) is 29.8 Å². The molecule has 1 aliphatic rings. The number of aromatic nitrogens is 3. The number of para-hydroxylation sites is 1. The van der Waals surface area contributed by atoms with E-state index in [4.69, 9.17) is 4.74 Å². The molecule has 0 saturated heterocycles. The second-order valence-electron chi connectivity index (χ2n) is 7.71. The first-order chi connectivity index (χ1) is 15.5. The summed E-state index contributed by atoms with van der Waals surface area (Å²) in [6.07, 6.45) is 1.51. The Bertz CT molecular complexity index is 1140. The molecule has 4 rings (SSSR count). The Kier molecular flexibility index (Phi) is 6.63. The van der Waals surface area contributed by atoms with Crippen molar-refractivity contribution >= 4 is 5.91 Å². The van der Waals surface area contributed by atoms with Gasteiger partial charge in [-0.3, -0.25) is 9.36 Å². The monoisotopic (exact) mass is 442 g/mol. The molecule has 32 heavy (non-hydrogen) atoms. The molecule has 1 N–H and O–H groups in total. The van der Waals surface area contributed by atoms with Gasteiger partial charge in [0, 0.05) is 37.1 Å². The summed E-state index contributed by atoms with van der Waals surface area (Å²) in [6, 6.07) is 12.6. The van der Waals surface area contributed by atoms with Gasteiger partial charge in [0.05, 0.1) is 6.54 Å². The van der Waals surface area contributed by atoms with E-state index in [1.54, 1.807) is 4.57 Å². The molecule has 1 unspecified atom stereocenters. The third kappa shape index (κ3) is 5.04. The lowest BCUT2D eigenvalue weighted by Crippen LogP contribution is -2.32. The van der Waals surface area contributed by atoms with Gasteiger partial charge in [0.15, 0.2) is 0 Å². The van der Waals surface area contributed by atoms with Gasteiger partial charge in [-0.25, -0.2) is 18.3 Å². The van der Waals surface area contributed by atoms with E-state index in [0.717, 1.165) is 17.9 Å². The molecular formula is C23H24F2N4O3. The number of aryl methyl sites for hydroxylation is 1. The molecule has 2 heterocycles. The molecule has 0 bridgehead atoms. The molecule has 0 aliphatic carbocycles. The minimum atomic E-state index is -0.692. The highest BCUT2D eigenvalue weighted by atomic mass is 19.1. The van der Waals surface area contributed by atoms with Crippen molar-refractivity contribution < 1.29 is 18.3 Å². The molecule has 1 aliphatic heterocycles. The van der Waals surface area contributed by atoms with Gasteiger partial charge in [0.25, 0.3) is 0 Å². The van der Waals surface area contributed by atoms with Crippen LogP contribution >= 0.6 is 0 Å². The zero-order chi connectivity index (χ0) is 22.5. The fourth-order valence-electron chi connectivity index (χ4n) is 3.79. The molecule has 0 radical (unpaired) electrons. The summed E-state index contributed by atoms with van der Waals surface area (Å²) in [5.41, 5.74) is 0.00742. The second-order valence-corrected chi connectivity index (χ2v) is 7.71. The van der Waals surface area contributed by atoms with Gasteiger partial charge in [-0.1, -0.05) is 24.3 Å². The molecule has 0 saturated carbocycles. The predicted octanol–water partition coefficient (Wildman–Crippen LogP) is 2.67. The molecule has 1 aromatic heterocycles. The van der Waals surface area contributed by atoms with E-state index >= 15 is 0 Å². The molecule has 0 spiro atoms. The Hall–Kier alpha value is -3.49. The Balaban J connectivity index is 1.31. The minimum Gasteiger partial charge on any atom is -0.492 e. The van der Waals surface area contributed by atoms with E-state index in [-0.39, 0.29) is 29.6 Å². The number of hydrogen-bond acceptors (Lipinski definition) is 4. The SMILES string of the molecule is O=C(NCc1ccc(F)cc1F)C1CCc2nn(CCOc3ccccc3)c(=O)n2CC1. The lowest BCUT2D eigenvalue weighted by molar-refractivity contribution is -0.125. The van der Waals surface area contributed by atoms with E-state index in [0.29, 0.717) is 44.8 Å². The smallest absolute Gasteiger partial charge is 0.346 e. The summed E-state index contributed by atoms with van der Waals surface area (Å²) in [7, 11) is 0. The maximum absolute atomic E-state index is 13.8. The number of fused-ring (bicyclic) bond motifs is 1. The van der Waals surface area contributed by atoms with Crippen LogP contribution in [0.25, 0.3) is 0 Å². The van der Waals surface area contributed by atoms with Gasteiger partial charge >= 0.3 is 5.69 Å². The summed E-state index contributed by atoms with van der Waals surface area (Å²) in [5.74, 6) is -0.494. The van der Waals surface area contributed by atoms with E-state index < -0.39 is 11.6 Å². The molecule has 3 aromatic rings. The van der Waals surface area contributed by atoms with Gasteiger partial charge in [-0.15, -0.1) is 0 Å². The third-order valence-corrected chi connectivity index (χ3v) is 5.57. The number of carbonyl (C=O) groups excluding carboxylic acids is 1. The quantitative estimate of drug-likeness (QED) is 0.610. The van der Waals surface area contributed by atoms with E-state index in [2.05, 4.69) is 10.4 Å². The highest BCUT2D eigenvalue weighted by Crippen LogP contribution is 2.19. The molecule has 0 fully saturated rings. The molecule has 168 valence electrons. The zero-order valence-electron chi connectivity index (χ0n) is 17.5. The topological polar surface area (TPSA) is 78.2 Å². The van der Waals surface area contributed by atoms with Crippen molar-refractivity contribution in [3.63, 3.8) is 0 Å². The van der Waals surface area contributed by atoms with Crippen molar-refractivity contribution in [2.75, 3.05) is 6.61 Å². The maximum atomic E-state index is 13.8. The number of carbonyl (C=O) groups is 1. The molecular weight excluding hydrogens is 418 g/mol. The van der Waals surface area contributed by atoms with Crippen molar-refractivity contribution in [2.24, 2.45) is 5.92 Å². The van der Waals surface area contributed by atoms with Crippen molar-refractivity contribution in [1.82, 2.24) is 19.7 Å². The number of amides is 1. The summed E-state index contributed by atoms with van der Waals surface area (Å²) < 4.78 is 35.4. The number of hydrogen-bond donors (Lipinski definition) is 1. The van der Waals surface area contributed by atoms with Crippen molar-refractivity contribution in [2.45, 2.75) is 38.9 Å². The molecule has 2 aromatic carbocycles. The van der Waals surface area contributed by atoms with Crippen LogP contribution < -0.4 is 15.7 Å². The van der Waals surface area contributed by atoms with E-state index in [1.807, 2.05) is 30.3 Å². The van der Waals surface area contributed by atoms with Gasteiger partial charge in [-0.2, -0.15) is 5.10 Å². The summed E-state index contributed by atoms with van der Waals surface area (Å²) in [4.78, 5) is 25.3. The average molecular weight is 442 g/mol. The standard InChI is InChI=1S/C23H24F2N4O3/c24-18-8-6-17(20(25)14-18)15-26-22(30)16-7-9-21-27-29(23(31)28(21)11-10-16)12-13-32-19-4-2-1-3-5-19/h1-6,8,14,16H,7,9-13,15H2,(H,26,30). The second kappa shape index (κ2) is 9.76. The highest BCUT2D eigenvalue weighted by molar-refractivity contribution is 5.78. The Morgan fingerprint density at radius 1 is 1.16 bits per heavy atom. The average Bonchev–Trinajstić information content (AvgIpc) is 2.95. The van der Waals surface area contributed by atoms with E-state index in [1.165, 1.54) is 10.7 Å². The van der Waals surface area contributed by atoms with Gasteiger partial charge < -0.3 is 10.1 Å². The van der Waals surface area contributed by atoms with Crippen molar-refractivity contribution in [1.29, 1.82) is 0 Å². The van der Waals surface area contributed by atoms with Gasteiger partial charge in [0.2, 0.25) is 5.91 Å². The van der Waals surface area contributed by atoms with Crippen LogP contribution in [0, 0.1) is 17.6 Å². The van der Waals surface area contributed by atoms with Crippen LogP contribution in [0.5, 0.6) is 5.75 Å². The first-order valence-electron chi connectivity index (χ1n) is 10.6. The Labute approximate surface area is 183 Å². The largest absolute Gasteiger partial charge is 0.492 e. The third-order valence-electron chi connectivity index (χ3n) is 5.57. The maximum Gasteiger partial charge on any atom is 0.346 e. The van der Waals surface area contributed by atoms with Crippen LogP contribution in [0.15, 0.2) is 53.3 Å². The number of rotatable bonds is 7. The fraction of sp³-hybridized carbons (Fsp3) is 0.348. The molecule has 9 heteroatoms.